The lowest BCUT2D eigenvalue weighted by Crippen LogP contribution is -2.40. The van der Waals surface area contributed by atoms with E-state index in [4.69, 9.17) is 9.47 Å². The Hall–Kier alpha value is -2.82. The summed E-state index contributed by atoms with van der Waals surface area (Å²) in [5.41, 5.74) is 2.64. The van der Waals surface area contributed by atoms with Crippen molar-refractivity contribution in [3.05, 3.63) is 59.2 Å². The second kappa shape index (κ2) is 8.90. The van der Waals surface area contributed by atoms with Crippen LogP contribution in [0.15, 0.2) is 42.5 Å². The van der Waals surface area contributed by atoms with Crippen LogP contribution in [0.25, 0.3) is 0 Å². The van der Waals surface area contributed by atoms with Crippen molar-refractivity contribution in [2.24, 2.45) is 11.8 Å². The largest absolute Gasteiger partial charge is 0.486 e. The molecule has 0 N–H and O–H groups in total. The van der Waals surface area contributed by atoms with Crippen molar-refractivity contribution in [2.75, 3.05) is 26.3 Å². The molecule has 30 heavy (non-hydrogen) atoms. The lowest BCUT2D eigenvalue weighted by molar-refractivity contribution is 0.0649. The van der Waals surface area contributed by atoms with Gasteiger partial charge in [0.1, 0.15) is 13.2 Å². The molecule has 5 heteroatoms. The van der Waals surface area contributed by atoms with Crippen LogP contribution in [0.4, 0.5) is 0 Å². The number of hydrogen-bond acceptors (Lipinski definition) is 4. The zero-order chi connectivity index (χ0) is 21.1. The Morgan fingerprint density at radius 3 is 2.23 bits per heavy atom. The van der Waals surface area contributed by atoms with Crippen LogP contribution in [0.2, 0.25) is 0 Å². The van der Waals surface area contributed by atoms with Gasteiger partial charge in [-0.3, -0.25) is 9.59 Å². The number of hydrogen-bond donors (Lipinski definition) is 0. The number of fused-ring (bicyclic) bond motifs is 1. The topological polar surface area (TPSA) is 55.8 Å². The molecule has 2 aromatic carbocycles. The second-order valence-electron chi connectivity index (χ2n) is 8.58. The normalized spacial score (nSPS) is 16.6. The van der Waals surface area contributed by atoms with Crippen LogP contribution in [0.3, 0.4) is 0 Å². The fourth-order valence-corrected chi connectivity index (χ4v) is 4.22. The van der Waals surface area contributed by atoms with E-state index in [9.17, 15) is 9.59 Å². The van der Waals surface area contributed by atoms with E-state index in [1.807, 2.05) is 17.0 Å². The highest BCUT2D eigenvalue weighted by molar-refractivity contribution is 5.98. The molecular formula is C25H29NO4. The highest BCUT2D eigenvalue weighted by Gasteiger charge is 2.29. The number of nitrogens with zero attached hydrogens (tertiary/aromatic N) is 1. The number of ketones is 1. The molecule has 1 saturated heterocycles. The summed E-state index contributed by atoms with van der Waals surface area (Å²) in [6, 6.07) is 13.4. The highest BCUT2D eigenvalue weighted by Crippen LogP contribution is 2.32. The molecule has 1 amide bonds. The number of rotatable bonds is 5. The molecule has 0 bridgehead atoms. The molecular weight excluding hydrogens is 378 g/mol. The van der Waals surface area contributed by atoms with E-state index >= 15 is 0 Å². The molecule has 2 aliphatic rings. The van der Waals surface area contributed by atoms with Gasteiger partial charge >= 0.3 is 0 Å². The zero-order valence-corrected chi connectivity index (χ0v) is 17.7. The summed E-state index contributed by atoms with van der Waals surface area (Å²) in [4.78, 5) is 27.6. The summed E-state index contributed by atoms with van der Waals surface area (Å²) in [6.45, 7) is 6.60. The van der Waals surface area contributed by atoms with E-state index in [-0.39, 0.29) is 17.6 Å². The third kappa shape index (κ3) is 4.50. The number of amides is 1. The summed E-state index contributed by atoms with van der Waals surface area (Å²) in [6.07, 6.45) is 2.42. The number of carbonyl (C=O) groups excluding carboxylic acids is 2. The van der Waals surface area contributed by atoms with Crippen LogP contribution in [0, 0.1) is 11.8 Å². The molecule has 158 valence electrons. The van der Waals surface area contributed by atoms with Crippen LogP contribution in [-0.4, -0.2) is 42.9 Å². The maximum absolute atomic E-state index is 12.9. The quantitative estimate of drug-likeness (QED) is 0.690. The van der Waals surface area contributed by atoms with Crippen molar-refractivity contribution in [1.29, 1.82) is 0 Å². The molecule has 0 radical (unpaired) electrons. The molecule has 0 atom stereocenters. The van der Waals surface area contributed by atoms with Crippen LogP contribution in [0.5, 0.6) is 11.5 Å². The summed E-state index contributed by atoms with van der Waals surface area (Å²) in [5, 5.41) is 0. The maximum Gasteiger partial charge on any atom is 0.253 e. The molecule has 0 aliphatic carbocycles. The second-order valence-corrected chi connectivity index (χ2v) is 8.58. The van der Waals surface area contributed by atoms with Gasteiger partial charge in [0.15, 0.2) is 17.3 Å². The Kier molecular flexibility index (Phi) is 6.07. The maximum atomic E-state index is 12.9. The van der Waals surface area contributed by atoms with E-state index in [0.717, 1.165) is 12.0 Å². The van der Waals surface area contributed by atoms with E-state index in [1.54, 1.807) is 18.2 Å². The first-order valence-corrected chi connectivity index (χ1v) is 10.8. The molecule has 0 saturated carbocycles. The van der Waals surface area contributed by atoms with Crippen molar-refractivity contribution < 1.29 is 19.1 Å². The first-order chi connectivity index (χ1) is 14.5. The van der Waals surface area contributed by atoms with Crippen LogP contribution < -0.4 is 9.47 Å². The van der Waals surface area contributed by atoms with Crippen LogP contribution in [-0.2, 0) is 6.42 Å². The molecule has 2 aromatic rings. The minimum absolute atomic E-state index is 0.0177. The third-order valence-corrected chi connectivity index (χ3v) is 5.82. The average molecular weight is 408 g/mol. The fraction of sp³-hybridized carbons (Fsp3) is 0.440. The van der Waals surface area contributed by atoms with E-state index in [1.165, 1.54) is 5.56 Å². The number of piperidine rings is 1. The van der Waals surface area contributed by atoms with Crippen molar-refractivity contribution in [3.63, 3.8) is 0 Å². The number of carbonyl (C=O) groups is 2. The fourth-order valence-electron chi connectivity index (χ4n) is 4.22. The Bertz CT molecular complexity index is 911. The molecule has 5 nitrogen and oxygen atoms in total. The smallest absolute Gasteiger partial charge is 0.253 e. The molecule has 0 spiro atoms. The Labute approximate surface area is 178 Å². The number of ether oxygens (including phenoxy) is 2. The van der Waals surface area contributed by atoms with Gasteiger partial charge in [0, 0.05) is 30.1 Å². The first kappa shape index (κ1) is 20.5. The summed E-state index contributed by atoms with van der Waals surface area (Å²) >= 11 is 0. The Balaban J connectivity index is 1.35. The molecule has 4 rings (SSSR count). The minimum Gasteiger partial charge on any atom is -0.486 e. The number of likely N-dealkylation sites (tertiary alicyclic amines) is 1. The van der Waals surface area contributed by atoms with Gasteiger partial charge in [-0.05, 0) is 48.9 Å². The number of benzene rings is 2. The molecule has 0 aromatic heterocycles. The average Bonchev–Trinajstić information content (AvgIpc) is 2.78. The predicted octanol–water partition coefficient (Wildman–Crippen LogP) is 4.39. The van der Waals surface area contributed by atoms with E-state index < -0.39 is 0 Å². The Morgan fingerprint density at radius 2 is 1.57 bits per heavy atom. The molecule has 0 unspecified atom stereocenters. The van der Waals surface area contributed by atoms with Gasteiger partial charge in [0.2, 0.25) is 0 Å². The summed E-state index contributed by atoms with van der Waals surface area (Å²) < 4.78 is 11.1. The molecule has 2 aliphatic heterocycles. The zero-order valence-electron chi connectivity index (χ0n) is 17.7. The van der Waals surface area contributed by atoms with Crippen LogP contribution in [0.1, 0.15) is 53.0 Å². The SMILES string of the molecule is CC(C)Cc1ccc(C(=O)C2CCN(C(=O)c3ccc4c(c3)OCCO4)CC2)cc1. The van der Waals surface area contributed by atoms with Crippen molar-refractivity contribution >= 4 is 11.7 Å². The Morgan fingerprint density at radius 1 is 0.933 bits per heavy atom. The van der Waals surface area contributed by atoms with Gasteiger partial charge in [-0.15, -0.1) is 0 Å². The van der Waals surface area contributed by atoms with Gasteiger partial charge in [0.25, 0.3) is 5.91 Å². The lowest BCUT2D eigenvalue weighted by atomic mass is 9.88. The molecule has 1 fully saturated rings. The standard InChI is InChI=1S/C25H29NO4/c1-17(2)15-18-3-5-19(6-4-18)24(27)20-9-11-26(12-10-20)25(28)21-7-8-22-23(16-21)30-14-13-29-22/h3-8,16-17,20H,9-15H2,1-2H3. The molecule has 2 heterocycles. The van der Waals surface area contributed by atoms with Gasteiger partial charge in [-0.25, -0.2) is 0 Å². The third-order valence-electron chi connectivity index (χ3n) is 5.82. The lowest BCUT2D eigenvalue weighted by Gasteiger charge is -2.31. The first-order valence-electron chi connectivity index (χ1n) is 10.8. The van der Waals surface area contributed by atoms with Crippen molar-refractivity contribution in [2.45, 2.75) is 33.1 Å². The van der Waals surface area contributed by atoms with Gasteiger partial charge in [-0.2, -0.15) is 0 Å². The van der Waals surface area contributed by atoms with E-state index in [0.29, 0.717) is 62.1 Å². The van der Waals surface area contributed by atoms with E-state index in [2.05, 4.69) is 26.0 Å². The van der Waals surface area contributed by atoms with Crippen molar-refractivity contribution in [3.8, 4) is 11.5 Å². The summed E-state index contributed by atoms with van der Waals surface area (Å²) in [5.74, 6) is 2.06. The minimum atomic E-state index is -0.0229. The van der Waals surface area contributed by atoms with Gasteiger partial charge in [0.05, 0.1) is 0 Å². The predicted molar refractivity (Wildman–Crippen MR) is 115 cm³/mol. The monoisotopic (exact) mass is 407 g/mol. The highest BCUT2D eigenvalue weighted by atomic mass is 16.6. The van der Waals surface area contributed by atoms with Crippen molar-refractivity contribution in [1.82, 2.24) is 4.90 Å². The van der Waals surface area contributed by atoms with Crippen LogP contribution >= 0.6 is 0 Å². The summed E-state index contributed by atoms with van der Waals surface area (Å²) in [7, 11) is 0. The number of Topliss-reactive ketones (excluding diaryl/α,β-unsaturated/α-hetero) is 1. The van der Waals surface area contributed by atoms with Gasteiger partial charge in [-0.1, -0.05) is 38.1 Å². The van der Waals surface area contributed by atoms with Gasteiger partial charge < -0.3 is 14.4 Å².